The molecule has 1 saturated heterocycles. The molecule has 0 saturated carbocycles. The number of carbonyl (C=O) groups excluding carboxylic acids is 2. The molecule has 2 aromatic heterocycles. The zero-order valence-corrected chi connectivity index (χ0v) is 21.3. The molecule has 1 aliphatic heterocycles. The Morgan fingerprint density at radius 3 is 2.57 bits per heavy atom. The van der Waals surface area contributed by atoms with Crippen LogP contribution in [0.4, 0.5) is 11.4 Å². The lowest BCUT2D eigenvalue weighted by Gasteiger charge is -2.41. The summed E-state index contributed by atoms with van der Waals surface area (Å²) in [5.74, 6) is 0.531. The number of pyridine rings is 1. The van der Waals surface area contributed by atoms with Crippen molar-refractivity contribution in [2.45, 2.75) is 25.8 Å². The zero-order valence-electron chi connectivity index (χ0n) is 21.3. The molecular formula is C28H29N5O4. The Morgan fingerprint density at radius 1 is 1.08 bits per heavy atom. The van der Waals surface area contributed by atoms with E-state index in [-0.39, 0.29) is 18.2 Å². The third-order valence-electron chi connectivity index (χ3n) is 6.87. The van der Waals surface area contributed by atoms with Gasteiger partial charge in [0.25, 0.3) is 0 Å². The Morgan fingerprint density at radius 2 is 1.84 bits per heavy atom. The Labute approximate surface area is 215 Å². The number of aryl methyl sites for hydroxylation is 2. The minimum Gasteiger partial charge on any atom is -0.497 e. The molecule has 4 aromatic rings. The van der Waals surface area contributed by atoms with Crippen LogP contribution >= 0.6 is 0 Å². The van der Waals surface area contributed by atoms with Crippen LogP contribution in [0.1, 0.15) is 30.1 Å². The van der Waals surface area contributed by atoms with E-state index >= 15 is 0 Å². The topological polar surface area (TPSA) is 98.6 Å². The molecule has 0 bridgehead atoms. The van der Waals surface area contributed by atoms with E-state index in [0.717, 1.165) is 22.3 Å². The van der Waals surface area contributed by atoms with Gasteiger partial charge in [-0.25, -0.2) is 4.98 Å². The average Bonchev–Trinajstić information content (AvgIpc) is 3.20. The van der Waals surface area contributed by atoms with Gasteiger partial charge in [0.2, 0.25) is 11.8 Å². The van der Waals surface area contributed by atoms with Gasteiger partial charge in [0.15, 0.2) is 5.65 Å². The number of hydrogen-bond donors (Lipinski definition) is 1. The quantitative estimate of drug-likeness (QED) is 0.422. The van der Waals surface area contributed by atoms with E-state index in [1.54, 1.807) is 30.0 Å². The predicted molar refractivity (Wildman–Crippen MR) is 141 cm³/mol. The zero-order chi connectivity index (χ0) is 26.1. The first-order valence-electron chi connectivity index (χ1n) is 12.1. The smallest absolute Gasteiger partial charge is 0.229 e. The number of carbonyl (C=O) groups is 2. The number of ether oxygens (including phenoxy) is 2. The van der Waals surface area contributed by atoms with Crippen LogP contribution in [0.2, 0.25) is 0 Å². The minimum absolute atomic E-state index is 0.0563. The van der Waals surface area contributed by atoms with Crippen molar-refractivity contribution in [2.24, 2.45) is 13.0 Å². The van der Waals surface area contributed by atoms with E-state index in [1.165, 1.54) is 0 Å². The molecule has 0 radical (unpaired) electrons. The number of benzene rings is 2. The van der Waals surface area contributed by atoms with Gasteiger partial charge >= 0.3 is 0 Å². The highest BCUT2D eigenvalue weighted by Crippen LogP contribution is 2.43. The van der Waals surface area contributed by atoms with Crippen LogP contribution < -0.4 is 19.7 Å². The van der Waals surface area contributed by atoms with E-state index < -0.39 is 12.0 Å². The van der Waals surface area contributed by atoms with Gasteiger partial charge < -0.3 is 19.7 Å². The van der Waals surface area contributed by atoms with Gasteiger partial charge in [0, 0.05) is 30.1 Å². The number of rotatable bonds is 6. The monoisotopic (exact) mass is 499 g/mol. The number of amides is 2. The Hall–Kier alpha value is -4.40. The molecule has 9 heteroatoms. The maximum absolute atomic E-state index is 13.8. The van der Waals surface area contributed by atoms with Crippen LogP contribution in [0.3, 0.4) is 0 Å². The average molecular weight is 500 g/mol. The summed E-state index contributed by atoms with van der Waals surface area (Å²) in [6.07, 6.45) is 2.28. The fourth-order valence-electron chi connectivity index (χ4n) is 5.09. The van der Waals surface area contributed by atoms with Gasteiger partial charge in [0.05, 0.1) is 43.8 Å². The first-order valence-corrected chi connectivity index (χ1v) is 12.1. The number of nitrogens with zero attached hydrogens (tertiary/aromatic N) is 4. The number of fused-ring (bicyclic) bond motifs is 1. The standard InChI is InChI=1S/C28H29N5O4/c1-17-23-15-18(16-29-27(23)32(2)31-17)30-28(35)22-13-14-25(34)33(19-9-11-20(36-3)12-10-19)26(22)21-7-5-6-8-24(21)37-4/h5-12,15-16,22,26H,13-14H2,1-4H3,(H,30,35)/t22-,26+/m1/s1. The van der Waals surface area contributed by atoms with E-state index in [9.17, 15) is 9.59 Å². The van der Waals surface area contributed by atoms with Crippen LogP contribution in [0, 0.1) is 12.8 Å². The van der Waals surface area contributed by atoms with E-state index in [1.807, 2.05) is 68.6 Å². The maximum Gasteiger partial charge on any atom is 0.229 e. The van der Waals surface area contributed by atoms with Crippen LogP contribution in [0.15, 0.2) is 60.8 Å². The summed E-state index contributed by atoms with van der Waals surface area (Å²) in [5, 5.41) is 8.33. The molecule has 1 fully saturated rings. The normalized spacial score (nSPS) is 17.6. The fourth-order valence-corrected chi connectivity index (χ4v) is 5.09. The summed E-state index contributed by atoms with van der Waals surface area (Å²) in [7, 11) is 5.02. The number of methoxy groups -OCH3 is 2. The molecule has 0 spiro atoms. The van der Waals surface area contributed by atoms with Crippen LogP contribution in [0.5, 0.6) is 11.5 Å². The van der Waals surface area contributed by atoms with Crippen LogP contribution in [0.25, 0.3) is 11.0 Å². The first-order chi connectivity index (χ1) is 17.9. The van der Waals surface area contributed by atoms with Gasteiger partial charge in [-0.3, -0.25) is 14.3 Å². The fraction of sp³-hybridized carbons (Fsp3) is 0.286. The molecule has 1 N–H and O–H groups in total. The van der Waals surface area contributed by atoms with E-state index in [0.29, 0.717) is 29.3 Å². The van der Waals surface area contributed by atoms with Crippen molar-refractivity contribution >= 4 is 34.2 Å². The lowest BCUT2D eigenvalue weighted by atomic mass is 9.82. The summed E-state index contributed by atoms with van der Waals surface area (Å²) < 4.78 is 12.7. The first kappa shape index (κ1) is 24.3. The van der Waals surface area contributed by atoms with Gasteiger partial charge in [-0.2, -0.15) is 5.10 Å². The maximum atomic E-state index is 13.8. The number of para-hydroxylation sites is 1. The molecule has 190 valence electrons. The Kier molecular flexibility index (Phi) is 6.52. The lowest BCUT2D eigenvalue weighted by Crippen LogP contribution is -2.47. The second-order valence-corrected chi connectivity index (χ2v) is 9.09. The van der Waals surface area contributed by atoms with Crippen molar-refractivity contribution in [2.75, 3.05) is 24.4 Å². The van der Waals surface area contributed by atoms with E-state index in [4.69, 9.17) is 9.47 Å². The molecule has 37 heavy (non-hydrogen) atoms. The number of piperidine rings is 1. The molecule has 9 nitrogen and oxygen atoms in total. The molecule has 0 unspecified atom stereocenters. The van der Waals surface area contributed by atoms with Crippen LogP contribution in [-0.2, 0) is 16.6 Å². The van der Waals surface area contributed by atoms with Gasteiger partial charge in [-0.15, -0.1) is 0 Å². The molecule has 0 aliphatic carbocycles. The third-order valence-corrected chi connectivity index (χ3v) is 6.87. The lowest BCUT2D eigenvalue weighted by molar-refractivity contribution is -0.125. The van der Waals surface area contributed by atoms with Crippen molar-refractivity contribution in [3.8, 4) is 11.5 Å². The van der Waals surface area contributed by atoms with Gasteiger partial charge in [0.1, 0.15) is 11.5 Å². The summed E-state index contributed by atoms with van der Waals surface area (Å²) in [5.41, 5.74) is 3.62. The molecular weight excluding hydrogens is 470 g/mol. The van der Waals surface area contributed by atoms with Crippen molar-refractivity contribution in [1.29, 1.82) is 0 Å². The molecule has 5 rings (SSSR count). The Bertz CT molecular complexity index is 1460. The van der Waals surface area contributed by atoms with E-state index in [2.05, 4.69) is 15.4 Å². The number of nitrogens with one attached hydrogen (secondary N) is 1. The number of aromatic nitrogens is 3. The Balaban J connectivity index is 1.54. The summed E-state index contributed by atoms with van der Waals surface area (Å²) in [6, 6.07) is 16.1. The van der Waals surface area contributed by atoms with Gasteiger partial charge in [-0.05, 0) is 49.7 Å². The van der Waals surface area contributed by atoms with Crippen molar-refractivity contribution < 1.29 is 19.1 Å². The second-order valence-electron chi connectivity index (χ2n) is 9.09. The molecule has 3 heterocycles. The minimum atomic E-state index is -0.567. The predicted octanol–water partition coefficient (Wildman–Crippen LogP) is 4.42. The summed E-state index contributed by atoms with van der Waals surface area (Å²) in [4.78, 5) is 33.3. The number of anilines is 2. The summed E-state index contributed by atoms with van der Waals surface area (Å²) in [6.45, 7) is 1.91. The highest BCUT2D eigenvalue weighted by Gasteiger charge is 2.42. The van der Waals surface area contributed by atoms with Crippen molar-refractivity contribution in [3.63, 3.8) is 0 Å². The molecule has 2 aromatic carbocycles. The van der Waals surface area contributed by atoms with Crippen LogP contribution in [-0.4, -0.2) is 40.8 Å². The van der Waals surface area contributed by atoms with Crippen molar-refractivity contribution in [1.82, 2.24) is 14.8 Å². The number of hydrogen-bond acceptors (Lipinski definition) is 6. The SMILES string of the molecule is COc1ccc(N2C(=O)CC[C@@H](C(=O)Nc3cnc4c(c3)c(C)nn4C)[C@@H]2c2ccccc2OC)cc1. The van der Waals surface area contributed by atoms with Crippen molar-refractivity contribution in [3.05, 3.63) is 72.1 Å². The highest BCUT2D eigenvalue weighted by molar-refractivity contribution is 6.01. The highest BCUT2D eigenvalue weighted by atomic mass is 16.5. The van der Waals surface area contributed by atoms with Gasteiger partial charge in [-0.1, -0.05) is 18.2 Å². The summed E-state index contributed by atoms with van der Waals surface area (Å²) >= 11 is 0. The molecule has 2 atom stereocenters. The molecule has 2 amide bonds. The third kappa shape index (κ3) is 4.48. The second kappa shape index (κ2) is 9.93. The largest absolute Gasteiger partial charge is 0.497 e. The molecule has 1 aliphatic rings.